The lowest BCUT2D eigenvalue weighted by Crippen LogP contribution is -2.09. The van der Waals surface area contributed by atoms with Crippen molar-refractivity contribution < 1.29 is 38.0 Å². The molecule has 0 aliphatic rings. The van der Waals surface area contributed by atoms with Gasteiger partial charge in [-0.1, -0.05) is 21.6 Å². The van der Waals surface area contributed by atoms with Gasteiger partial charge >= 0.3 is 11.9 Å². The van der Waals surface area contributed by atoms with Crippen LogP contribution >= 0.6 is 57.7 Å². The fraction of sp³-hybridized carbons (Fsp3) is 0.913. The molecule has 214 valence electrons. The summed E-state index contributed by atoms with van der Waals surface area (Å²) in [4.78, 5) is 23.1. The van der Waals surface area contributed by atoms with Crippen LogP contribution in [-0.2, 0) is 38.0 Å². The summed E-state index contributed by atoms with van der Waals surface area (Å²) in [6.07, 6.45) is 6.48. The van der Waals surface area contributed by atoms with Gasteiger partial charge in [-0.15, -0.1) is 0 Å². The number of thioether (sulfide) groups is 2. The first-order valence-electron chi connectivity index (χ1n) is 12.2. The summed E-state index contributed by atoms with van der Waals surface area (Å²) in [5.41, 5.74) is 0. The zero-order chi connectivity index (χ0) is 26.4. The van der Waals surface area contributed by atoms with E-state index in [9.17, 15) is 9.59 Å². The number of carbonyl (C=O) groups excluding carboxylic acids is 2. The molecule has 0 spiro atoms. The van der Waals surface area contributed by atoms with E-state index in [-0.39, 0.29) is 11.9 Å². The van der Waals surface area contributed by atoms with Crippen molar-refractivity contribution in [2.75, 3.05) is 94.0 Å². The van der Waals surface area contributed by atoms with E-state index in [1.165, 1.54) is 0 Å². The zero-order valence-electron chi connectivity index (χ0n) is 21.5. The molecule has 0 heterocycles. The highest BCUT2D eigenvalue weighted by atomic mass is 33.1. The standard InChI is InChI=1S/C23H44O8S5/c1-33-15-6-22(24)30-8-4-2-3-5-9-31-23(25)7-16-34-17-11-27-21-29-13-19-36-35-18-12-28-20-26-10-14-32/h32H,2-21H2,1H3. The van der Waals surface area contributed by atoms with E-state index in [2.05, 4.69) is 12.6 Å². The van der Waals surface area contributed by atoms with Gasteiger partial charge in [-0.25, -0.2) is 0 Å². The molecule has 13 heteroatoms. The summed E-state index contributed by atoms with van der Waals surface area (Å²) in [5.74, 6) is 4.59. The summed E-state index contributed by atoms with van der Waals surface area (Å²) >= 11 is 7.36. The molecule has 0 amide bonds. The van der Waals surface area contributed by atoms with Gasteiger partial charge in [-0.05, 0) is 31.9 Å². The van der Waals surface area contributed by atoms with E-state index in [0.717, 1.165) is 54.4 Å². The van der Waals surface area contributed by atoms with Crippen LogP contribution in [0.25, 0.3) is 0 Å². The molecule has 0 atom stereocenters. The van der Waals surface area contributed by atoms with Crippen molar-refractivity contribution in [2.24, 2.45) is 0 Å². The molecule has 0 aromatic heterocycles. The van der Waals surface area contributed by atoms with E-state index >= 15 is 0 Å². The third-order valence-electron chi connectivity index (χ3n) is 4.17. The molecule has 0 N–H and O–H groups in total. The van der Waals surface area contributed by atoms with Gasteiger partial charge < -0.3 is 28.4 Å². The Hall–Kier alpha value is 0.530. The number of hydrogen-bond donors (Lipinski definition) is 1. The molecule has 0 saturated heterocycles. The Bertz CT molecular complexity index is 491. The summed E-state index contributed by atoms with van der Waals surface area (Å²) in [7, 11) is 3.50. The van der Waals surface area contributed by atoms with Crippen molar-refractivity contribution in [3.05, 3.63) is 0 Å². The molecule has 0 radical (unpaired) electrons. The Labute approximate surface area is 239 Å². The molecular weight excluding hydrogens is 565 g/mol. The van der Waals surface area contributed by atoms with Crippen molar-refractivity contribution in [1.82, 2.24) is 0 Å². The van der Waals surface area contributed by atoms with Gasteiger partial charge in [0.2, 0.25) is 0 Å². The third kappa shape index (κ3) is 30.8. The average molecular weight is 609 g/mol. The Kier molecular flexibility index (Phi) is 32.2. The monoisotopic (exact) mass is 608 g/mol. The van der Waals surface area contributed by atoms with E-state index in [1.54, 1.807) is 45.1 Å². The van der Waals surface area contributed by atoms with E-state index in [1.807, 2.05) is 6.26 Å². The Morgan fingerprint density at radius 1 is 0.611 bits per heavy atom. The zero-order valence-corrected chi connectivity index (χ0v) is 25.6. The van der Waals surface area contributed by atoms with Gasteiger partial charge in [-0.3, -0.25) is 9.59 Å². The summed E-state index contributed by atoms with van der Waals surface area (Å²) in [5, 5.41) is 0. The van der Waals surface area contributed by atoms with Crippen LogP contribution in [0.15, 0.2) is 0 Å². The topological polar surface area (TPSA) is 89.5 Å². The predicted octanol–water partition coefficient (Wildman–Crippen LogP) is 4.80. The van der Waals surface area contributed by atoms with Crippen LogP contribution in [0.2, 0.25) is 0 Å². The minimum atomic E-state index is -0.154. The van der Waals surface area contributed by atoms with Crippen molar-refractivity contribution in [1.29, 1.82) is 0 Å². The molecule has 0 rings (SSSR count). The first-order chi connectivity index (χ1) is 17.7. The highest BCUT2D eigenvalue weighted by Crippen LogP contribution is 2.20. The number of esters is 2. The molecular formula is C23H44O8S5. The number of carbonyl (C=O) groups is 2. The molecule has 0 unspecified atom stereocenters. The lowest BCUT2D eigenvalue weighted by atomic mass is 10.2. The number of unbranched alkanes of at least 4 members (excludes halogenated alkanes) is 3. The highest BCUT2D eigenvalue weighted by Gasteiger charge is 2.04. The van der Waals surface area contributed by atoms with Crippen LogP contribution < -0.4 is 0 Å². The SMILES string of the molecule is CSCCC(=O)OCCCCCCOC(=O)CCSCCOCOCCSSCCOCOCCS. The molecule has 0 aromatic carbocycles. The van der Waals surface area contributed by atoms with Crippen LogP contribution in [0.4, 0.5) is 0 Å². The number of hydrogen-bond acceptors (Lipinski definition) is 13. The van der Waals surface area contributed by atoms with Crippen LogP contribution in [0, 0.1) is 0 Å². The van der Waals surface area contributed by atoms with Crippen molar-refractivity contribution in [2.45, 2.75) is 38.5 Å². The fourth-order valence-electron chi connectivity index (χ4n) is 2.36. The van der Waals surface area contributed by atoms with Gasteiger partial charge in [0.15, 0.2) is 0 Å². The van der Waals surface area contributed by atoms with E-state index in [0.29, 0.717) is 71.8 Å². The number of thiol groups is 1. The maximum Gasteiger partial charge on any atom is 0.306 e. The van der Waals surface area contributed by atoms with Gasteiger partial charge in [0.1, 0.15) is 13.6 Å². The smallest absolute Gasteiger partial charge is 0.306 e. The van der Waals surface area contributed by atoms with Crippen molar-refractivity contribution >= 4 is 69.7 Å². The summed E-state index contributed by atoms with van der Waals surface area (Å²) in [6, 6.07) is 0. The Balaban J connectivity index is 3.18. The van der Waals surface area contributed by atoms with E-state index < -0.39 is 0 Å². The van der Waals surface area contributed by atoms with Crippen molar-refractivity contribution in [3.63, 3.8) is 0 Å². The third-order valence-corrected chi connectivity index (χ3v) is 8.25. The fourth-order valence-corrected chi connectivity index (χ4v) is 5.33. The van der Waals surface area contributed by atoms with Crippen LogP contribution in [0.5, 0.6) is 0 Å². The second kappa shape index (κ2) is 31.7. The normalized spacial score (nSPS) is 11.1. The molecule has 36 heavy (non-hydrogen) atoms. The summed E-state index contributed by atoms with van der Waals surface area (Å²) in [6.45, 7) is 4.08. The maximum atomic E-state index is 11.7. The van der Waals surface area contributed by atoms with Crippen LogP contribution in [0.1, 0.15) is 38.5 Å². The lowest BCUT2D eigenvalue weighted by molar-refractivity contribution is -0.144. The lowest BCUT2D eigenvalue weighted by Gasteiger charge is -2.07. The molecule has 0 saturated carbocycles. The van der Waals surface area contributed by atoms with Gasteiger partial charge in [0, 0.05) is 34.5 Å². The minimum Gasteiger partial charge on any atom is -0.466 e. The summed E-state index contributed by atoms with van der Waals surface area (Å²) < 4.78 is 31.8. The number of ether oxygens (including phenoxy) is 6. The average Bonchev–Trinajstić information content (AvgIpc) is 2.88. The van der Waals surface area contributed by atoms with Crippen LogP contribution in [-0.4, -0.2) is 106 Å². The minimum absolute atomic E-state index is 0.124. The van der Waals surface area contributed by atoms with Crippen molar-refractivity contribution in [3.8, 4) is 0 Å². The van der Waals surface area contributed by atoms with Gasteiger partial charge in [-0.2, -0.15) is 36.2 Å². The second-order valence-corrected chi connectivity index (χ2v) is 12.6. The molecule has 0 aromatic rings. The van der Waals surface area contributed by atoms with E-state index in [4.69, 9.17) is 28.4 Å². The molecule has 0 fully saturated rings. The van der Waals surface area contributed by atoms with Gasteiger partial charge in [0.25, 0.3) is 0 Å². The molecule has 0 aliphatic carbocycles. The van der Waals surface area contributed by atoms with Gasteiger partial charge in [0.05, 0.1) is 52.5 Å². The van der Waals surface area contributed by atoms with Crippen LogP contribution in [0.3, 0.4) is 0 Å². The number of rotatable bonds is 29. The Morgan fingerprint density at radius 2 is 1.11 bits per heavy atom. The molecule has 0 bridgehead atoms. The molecule has 0 aliphatic heterocycles. The highest BCUT2D eigenvalue weighted by molar-refractivity contribution is 8.76. The molecule has 8 nitrogen and oxygen atoms in total. The largest absolute Gasteiger partial charge is 0.466 e. The maximum absolute atomic E-state index is 11.7. The second-order valence-electron chi connectivity index (χ2n) is 7.20. The predicted molar refractivity (Wildman–Crippen MR) is 158 cm³/mol. The Morgan fingerprint density at radius 3 is 1.64 bits per heavy atom. The quantitative estimate of drug-likeness (QED) is 0.0416. The first kappa shape index (κ1) is 36.5. The first-order valence-corrected chi connectivity index (χ1v) is 17.9.